The van der Waals surface area contributed by atoms with Crippen molar-refractivity contribution in [2.24, 2.45) is 0 Å². The summed E-state index contributed by atoms with van der Waals surface area (Å²) in [6, 6.07) is 10.2. The van der Waals surface area contributed by atoms with Gasteiger partial charge in [0.15, 0.2) is 0 Å². The minimum Gasteiger partial charge on any atom is -0.754 e. The van der Waals surface area contributed by atoms with Crippen molar-refractivity contribution in [2.75, 3.05) is 26.2 Å². The van der Waals surface area contributed by atoms with Crippen molar-refractivity contribution in [1.29, 1.82) is 0 Å². The van der Waals surface area contributed by atoms with E-state index >= 15 is 0 Å². The van der Waals surface area contributed by atoms with Crippen LogP contribution in [0.3, 0.4) is 0 Å². The van der Waals surface area contributed by atoms with Gasteiger partial charge in [-0.25, -0.2) is 8.42 Å². The number of carbonyl (C=O) groups excluding carboxylic acids is 1. The van der Waals surface area contributed by atoms with Gasteiger partial charge in [-0.05, 0) is 47.2 Å². The molecular formula is C25H21ClN4O5S. The number of piperazine rings is 1. The Balaban J connectivity index is 1.26. The van der Waals surface area contributed by atoms with E-state index in [2.05, 4.69) is 0 Å². The van der Waals surface area contributed by atoms with Crippen LogP contribution in [-0.4, -0.2) is 59.5 Å². The number of allylic oxidation sites excluding steroid dienone is 4. The Bertz CT molecular complexity index is 1510. The van der Waals surface area contributed by atoms with Crippen LogP contribution < -0.4 is 0 Å². The Labute approximate surface area is 212 Å². The number of nitroso groups, excluding NO2 is 1. The topological polar surface area (TPSA) is 104 Å². The largest absolute Gasteiger partial charge is 0.754 e. The predicted molar refractivity (Wildman–Crippen MR) is 136 cm³/mol. The number of benzene rings is 2. The highest BCUT2D eigenvalue weighted by Crippen LogP contribution is 2.26. The van der Waals surface area contributed by atoms with Crippen LogP contribution >= 0.6 is 11.6 Å². The summed E-state index contributed by atoms with van der Waals surface area (Å²) < 4.78 is 28.4. The monoisotopic (exact) mass is 524 g/mol. The van der Waals surface area contributed by atoms with E-state index in [-0.39, 0.29) is 42.6 Å². The normalized spacial score (nSPS) is 18.8. The van der Waals surface area contributed by atoms with Crippen LogP contribution in [0.4, 0.5) is 0 Å². The molecule has 2 aromatic carbocycles. The molecule has 3 aliphatic rings. The first-order valence-corrected chi connectivity index (χ1v) is 13.0. The summed E-state index contributed by atoms with van der Waals surface area (Å²) in [7, 11) is -3.74. The number of halogens is 1. The Kier molecular flexibility index (Phi) is 6.35. The third-order valence-electron chi connectivity index (χ3n) is 6.20. The van der Waals surface area contributed by atoms with Crippen LogP contribution in [0.25, 0.3) is 10.8 Å². The molecule has 0 spiro atoms. The minimum atomic E-state index is -3.74. The SMILES string of the molecule is O=C(C1=CN([O-])C(=C2C=C[N+](=O)C=C2)C=C1)N1CCN(S(=O)(=O)c2ccc3cc(Cl)ccc3c2)CC1. The zero-order chi connectivity index (χ0) is 25.4. The van der Waals surface area contributed by atoms with E-state index in [1.807, 2.05) is 0 Å². The first-order chi connectivity index (χ1) is 17.2. The van der Waals surface area contributed by atoms with Crippen LogP contribution in [-0.2, 0) is 14.8 Å². The van der Waals surface area contributed by atoms with E-state index < -0.39 is 10.0 Å². The van der Waals surface area contributed by atoms with Gasteiger partial charge in [0.25, 0.3) is 5.91 Å². The highest BCUT2D eigenvalue weighted by atomic mass is 35.5. The van der Waals surface area contributed by atoms with Crippen molar-refractivity contribution in [1.82, 2.24) is 14.3 Å². The molecule has 3 aliphatic heterocycles. The molecule has 0 aliphatic carbocycles. The lowest BCUT2D eigenvalue weighted by Crippen LogP contribution is -2.50. The quantitative estimate of drug-likeness (QED) is 0.568. The number of fused-ring (bicyclic) bond motifs is 1. The zero-order valence-electron chi connectivity index (χ0n) is 19.0. The lowest BCUT2D eigenvalue weighted by Gasteiger charge is -2.36. The maximum Gasteiger partial charge on any atom is 0.255 e. The van der Waals surface area contributed by atoms with Gasteiger partial charge in [-0.1, -0.05) is 23.7 Å². The van der Waals surface area contributed by atoms with Crippen molar-refractivity contribution in [3.8, 4) is 0 Å². The van der Waals surface area contributed by atoms with Gasteiger partial charge in [0, 0.05) is 65.7 Å². The van der Waals surface area contributed by atoms with Gasteiger partial charge in [-0.2, -0.15) is 4.31 Å². The van der Waals surface area contributed by atoms with Gasteiger partial charge in [0.05, 0.1) is 15.2 Å². The predicted octanol–water partition coefficient (Wildman–Crippen LogP) is 3.65. The first-order valence-electron chi connectivity index (χ1n) is 11.1. The molecule has 0 atom stereocenters. The minimum absolute atomic E-state index is 0.140. The maximum atomic E-state index is 13.2. The average molecular weight is 525 g/mol. The molecule has 0 saturated carbocycles. The summed E-state index contributed by atoms with van der Waals surface area (Å²) in [5.41, 5.74) is 1.06. The molecule has 36 heavy (non-hydrogen) atoms. The Morgan fingerprint density at radius 2 is 1.58 bits per heavy atom. The number of rotatable bonds is 3. The third-order valence-corrected chi connectivity index (χ3v) is 8.33. The van der Waals surface area contributed by atoms with Crippen LogP contribution in [0.2, 0.25) is 5.02 Å². The van der Waals surface area contributed by atoms with Gasteiger partial charge in [-0.3, -0.25) is 4.79 Å². The molecule has 9 nitrogen and oxygen atoms in total. The van der Waals surface area contributed by atoms with Gasteiger partial charge < -0.3 is 15.2 Å². The highest BCUT2D eigenvalue weighted by molar-refractivity contribution is 7.89. The number of amides is 1. The van der Waals surface area contributed by atoms with Crippen LogP contribution in [0.1, 0.15) is 0 Å². The lowest BCUT2D eigenvalue weighted by molar-refractivity contribution is -0.403. The lowest BCUT2D eigenvalue weighted by atomic mass is 10.1. The van der Waals surface area contributed by atoms with Crippen LogP contribution in [0, 0.1) is 10.1 Å². The number of hydrogen-bond acceptors (Lipinski definition) is 6. The molecule has 0 radical (unpaired) electrons. The molecular weight excluding hydrogens is 504 g/mol. The smallest absolute Gasteiger partial charge is 0.255 e. The van der Waals surface area contributed by atoms with Crippen molar-refractivity contribution >= 4 is 38.3 Å². The standard InChI is InChI=1S/C25H21ClN4O5S/c26-22-4-1-20-16-23(5-2-19(20)15-22)36(34,35)29-13-11-27(12-14-29)25(31)21-3-6-24(30(33)17-21)18-7-9-28(32)10-8-18/h1-10,15-17H,11-14H2. The molecule has 11 heteroatoms. The van der Waals surface area contributed by atoms with E-state index in [0.29, 0.717) is 26.1 Å². The fourth-order valence-corrected chi connectivity index (χ4v) is 5.87. The van der Waals surface area contributed by atoms with Crippen molar-refractivity contribution < 1.29 is 18.0 Å². The summed E-state index contributed by atoms with van der Waals surface area (Å²) in [4.78, 5) is 25.9. The van der Waals surface area contributed by atoms with E-state index in [1.165, 1.54) is 46.0 Å². The fourth-order valence-electron chi connectivity index (χ4n) is 4.23. The van der Waals surface area contributed by atoms with E-state index in [1.54, 1.807) is 42.5 Å². The van der Waals surface area contributed by atoms with Gasteiger partial charge >= 0.3 is 0 Å². The molecule has 0 N–H and O–H groups in total. The van der Waals surface area contributed by atoms with E-state index in [0.717, 1.165) is 10.8 Å². The molecule has 1 saturated heterocycles. The van der Waals surface area contributed by atoms with E-state index in [9.17, 15) is 23.3 Å². The molecule has 1 amide bonds. The third kappa shape index (κ3) is 4.63. The summed E-state index contributed by atoms with van der Waals surface area (Å²) in [5, 5.41) is 15.3. The highest BCUT2D eigenvalue weighted by Gasteiger charge is 2.31. The number of carbonyl (C=O) groups is 1. The number of hydroxylamine groups is 2. The second-order valence-electron chi connectivity index (χ2n) is 8.43. The van der Waals surface area contributed by atoms with Gasteiger partial charge in [-0.15, -0.1) is 0 Å². The molecule has 0 aromatic heterocycles. The maximum absolute atomic E-state index is 13.2. The Morgan fingerprint density at radius 1 is 0.917 bits per heavy atom. The molecule has 184 valence electrons. The van der Waals surface area contributed by atoms with Crippen molar-refractivity contribution in [2.45, 2.75) is 4.90 Å². The molecule has 1 fully saturated rings. The summed E-state index contributed by atoms with van der Waals surface area (Å²) in [5.74, 6) is -0.351. The van der Waals surface area contributed by atoms with Crippen molar-refractivity contribution in [3.05, 3.63) is 111 Å². The Morgan fingerprint density at radius 3 is 2.28 bits per heavy atom. The molecule has 5 rings (SSSR count). The molecule has 2 aromatic rings. The number of hydrogen-bond donors (Lipinski definition) is 0. The summed E-state index contributed by atoms with van der Waals surface area (Å²) in [6.45, 7) is 0.677. The number of sulfonamides is 1. The van der Waals surface area contributed by atoms with E-state index in [4.69, 9.17) is 11.6 Å². The van der Waals surface area contributed by atoms with Gasteiger partial charge in [0.1, 0.15) is 0 Å². The molecule has 3 heterocycles. The van der Waals surface area contributed by atoms with Crippen LogP contribution in [0.15, 0.2) is 101 Å². The second kappa shape index (κ2) is 9.47. The molecule has 0 bridgehead atoms. The molecule has 0 unspecified atom stereocenters. The Hall–Kier alpha value is -3.57. The fraction of sp³-hybridized carbons (Fsp3) is 0.160. The number of nitrogens with zero attached hydrogens (tertiary/aromatic N) is 4. The summed E-state index contributed by atoms with van der Waals surface area (Å²) >= 11 is 6.01. The van der Waals surface area contributed by atoms with Gasteiger partial charge in [0.2, 0.25) is 22.4 Å². The van der Waals surface area contributed by atoms with Crippen molar-refractivity contribution in [3.63, 3.8) is 0 Å². The zero-order valence-corrected chi connectivity index (χ0v) is 20.5. The van der Waals surface area contributed by atoms with Crippen LogP contribution in [0.5, 0.6) is 0 Å². The average Bonchev–Trinajstić information content (AvgIpc) is 2.88. The second-order valence-corrected chi connectivity index (χ2v) is 10.8. The first kappa shape index (κ1) is 24.1. The summed E-state index contributed by atoms with van der Waals surface area (Å²) in [6.07, 6.45) is 9.88.